The highest BCUT2D eigenvalue weighted by Crippen LogP contribution is 2.29. The number of aromatic nitrogens is 2. The topological polar surface area (TPSA) is 27.1 Å². The van der Waals surface area contributed by atoms with Crippen LogP contribution in [0, 0.1) is 6.92 Å². The molecule has 0 saturated carbocycles. The number of hydrogen-bond donors (Lipinski definition) is 0. The van der Waals surface area contributed by atoms with E-state index in [1.165, 1.54) is 0 Å². The first-order valence-corrected chi connectivity index (χ1v) is 4.97. The molecular weight excluding hydrogens is 232 g/mol. The van der Waals surface area contributed by atoms with E-state index in [-0.39, 0.29) is 5.54 Å². The number of nitrogens with zero attached hydrogens (tertiary/aromatic N) is 2. The van der Waals surface area contributed by atoms with Crippen molar-refractivity contribution in [2.45, 2.75) is 33.2 Å². The highest BCUT2D eigenvalue weighted by atomic mass is 79.9. The zero-order chi connectivity index (χ0) is 10.2. The summed E-state index contributed by atoms with van der Waals surface area (Å²) in [5.41, 5.74) is 1.01. The lowest BCUT2D eigenvalue weighted by atomic mass is 10.1. The quantitative estimate of drug-likeness (QED) is 0.762. The lowest BCUT2D eigenvalue weighted by molar-refractivity contribution is 0.325. The van der Waals surface area contributed by atoms with E-state index in [0.717, 1.165) is 10.2 Å². The van der Waals surface area contributed by atoms with Crippen molar-refractivity contribution in [3.8, 4) is 5.88 Å². The monoisotopic (exact) mass is 246 g/mol. The van der Waals surface area contributed by atoms with Gasteiger partial charge in [-0.1, -0.05) is 0 Å². The van der Waals surface area contributed by atoms with Crippen molar-refractivity contribution in [1.29, 1.82) is 0 Å². The van der Waals surface area contributed by atoms with Gasteiger partial charge in [0.15, 0.2) is 0 Å². The molecule has 0 unspecified atom stereocenters. The van der Waals surface area contributed by atoms with Crippen molar-refractivity contribution in [1.82, 2.24) is 9.78 Å². The predicted molar refractivity (Wildman–Crippen MR) is 56.2 cm³/mol. The normalized spacial score (nSPS) is 11.8. The molecular formula is C9H15BrN2O. The molecule has 0 amide bonds. The van der Waals surface area contributed by atoms with E-state index in [4.69, 9.17) is 4.74 Å². The Labute approximate surface area is 87.2 Å². The summed E-state index contributed by atoms with van der Waals surface area (Å²) >= 11 is 3.50. The van der Waals surface area contributed by atoms with Crippen molar-refractivity contribution in [3.63, 3.8) is 0 Å². The first kappa shape index (κ1) is 10.6. The lowest BCUT2D eigenvalue weighted by Crippen LogP contribution is -2.23. The van der Waals surface area contributed by atoms with Gasteiger partial charge < -0.3 is 4.74 Å². The molecule has 0 aromatic carbocycles. The van der Waals surface area contributed by atoms with Gasteiger partial charge in [-0.3, -0.25) is 0 Å². The molecule has 0 aliphatic carbocycles. The van der Waals surface area contributed by atoms with Crippen molar-refractivity contribution in [2.24, 2.45) is 0 Å². The van der Waals surface area contributed by atoms with Gasteiger partial charge in [-0.2, -0.15) is 0 Å². The highest BCUT2D eigenvalue weighted by molar-refractivity contribution is 9.10. The third-order valence-electron chi connectivity index (χ3n) is 1.84. The van der Waals surface area contributed by atoms with Gasteiger partial charge in [-0.05, 0) is 43.6 Å². The van der Waals surface area contributed by atoms with Crippen LogP contribution in [-0.2, 0) is 5.54 Å². The zero-order valence-corrected chi connectivity index (χ0v) is 10.3. The number of ether oxygens (including phenoxy) is 1. The molecule has 1 heterocycles. The molecule has 3 nitrogen and oxygen atoms in total. The Balaban J connectivity index is 3.25. The van der Waals surface area contributed by atoms with Crippen LogP contribution in [0.1, 0.15) is 26.3 Å². The van der Waals surface area contributed by atoms with Crippen LogP contribution in [0.2, 0.25) is 0 Å². The van der Waals surface area contributed by atoms with Gasteiger partial charge in [-0.25, -0.2) is 4.68 Å². The zero-order valence-electron chi connectivity index (χ0n) is 8.68. The first-order chi connectivity index (χ1) is 5.88. The minimum atomic E-state index is -0.0274. The summed E-state index contributed by atoms with van der Waals surface area (Å²) in [6.07, 6.45) is 0. The molecule has 1 aromatic heterocycles. The van der Waals surface area contributed by atoms with Crippen LogP contribution in [0.5, 0.6) is 5.88 Å². The molecule has 0 fully saturated rings. The largest absolute Gasteiger partial charge is 0.480 e. The summed E-state index contributed by atoms with van der Waals surface area (Å²) in [5.74, 6) is 0.682. The van der Waals surface area contributed by atoms with Gasteiger partial charge in [-0.15, -0.1) is 5.10 Å². The van der Waals surface area contributed by atoms with E-state index < -0.39 is 0 Å². The van der Waals surface area contributed by atoms with E-state index in [2.05, 4.69) is 41.8 Å². The Kier molecular flexibility index (Phi) is 2.71. The van der Waals surface area contributed by atoms with E-state index in [1.807, 2.05) is 11.6 Å². The van der Waals surface area contributed by atoms with Crippen molar-refractivity contribution in [2.75, 3.05) is 7.11 Å². The number of halogens is 1. The summed E-state index contributed by atoms with van der Waals surface area (Å²) in [6, 6.07) is 0. The van der Waals surface area contributed by atoms with Crippen LogP contribution in [0.4, 0.5) is 0 Å². The molecule has 0 spiro atoms. The molecule has 0 radical (unpaired) electrons. The van der Waals surface area contributed by atoms with Gasteiger partial charge in [0.25, 0.3) is 0 Å². The van der Waals surface area contributed by atoms with Crippen LogP contribution in [0.15, 0.2) is 4.60 Å². The Hall–Kier alpha value is -0.510. The molecule has 0 aliphatic rings. The van der Waals surface area contributed by atoms with Gasteiger partial charge in [0.1, 0.15) is 4.60 Å². The summed E-state index contributed by atoms with van der Waals surface area (Å²) < 4.78 is 8.04. The summed E-state index contributed by atoms with van der Waals surface area (Å²) in [7, 11) is 1.63. The Bertz CT molecular complexity index is 312. The van der Waals surface area contributed by atoms with Crippen molar-refractivity contribution in [3.05, 3.63) is 10.2 Å². The Morgan fingerprint density at radius 3 is 2.15 bits per heavy atom. The first-order valence-electron chi connectivity index (χ1n) is 4.17. The molecule has 74 valence electrons. The third kappa shape index (κ3) is 1.88. The Morgan fingerprint density at radius 1 is 1.38 bits per heavy atom. The standard InChI is InChI=1S/C9H15BrN2O/c1-6-7(10)12(9(2,3)4)11-8(6)13-5/h1-5H3. The van der Waals surface area contributed by atoms with E-state index in [0.29, 0.717) is 5.88 Å². The van der Waals surface area contributed by atoms with Crippen LogP contribution < -0.4 is 4.74 Å². The van der Waals surface area contributed by atoms with Gasteiger partial charge in [0.05, 0.1) is 12.6 Å². The second-order valence-corrected chi connectivity index (χ2v) is 4.76. The maximum absolute atomic E-state index is 5.14. The smallest absolute Gasteiger partial charge is 0.236 e. The fraction of sp³-hybridized carbons (Fsp3) is 0.667. The lowest BCUT2D eigenvalue weighted by Gasteiger charge is -2.20. The maximum atomic E-state index is 5.14. The molecule has 0 saturated heterocycles. The minimum absolute atomic E-state index is 0.0274. The second kappa shape index (κ2) is 3.33. The molecule has 4 heteroatoms. The average molecular weight is 247 g/mol. The summed E-state index contributed by atoms with van der Waals surface area (Å²) in [5, 5.41) is 4.35. The van der Waals surface area contributed by atoms with Crippen molar-refractivity contribution >= 4 is 15.9 Å². The van der Waals surface area contributed by atoms with Gasteiger partial charge >= 0.3 is 0 Å². The fourth-order valence-electron chi connectivity index (χ4n) is 1.10. The van der Waals surface area contributed by atoms with Crippen LogP contribution in [0.3, 0.4) is 0 Å². The fourth-order valence-corrected chi connectivity index (χ4v) is 1.88. The molecule has 1 rings (SSSR count). The van der Waals surface area contributed by atoms with E-state index in [9.17, 15) is 0 Å². The predicted octanol–water partition coefficient (Wildman–Crippen LogP) is 2.72. The number of rotatable bonds is 1. The van der Waals surface area contributed by atoms with Crippen LogP contribution in [-0.4, -0.2) is 16.9 Å². The third-order valence-corrected chi connectivity index (χ3v) is 2.77. The molecule has 13 heavy (non-hydrogen) atoms. The Morgan fingerprint density at radius 2 is 1.92 bits per heavy atom. The molecule has 1 aromatic rings. The molecule has 0 N–H and O–H groups in total. The average Bonchev–Trinajstić information content (AvgIpc) is 2.28. The van der Waals surface area contributed by atoms with E-state index >= 15 is 0 Å². The van der Waals surface area contributed by atoms with Gasteiger partial charge in [0, 0.05) is 5.56 Å². The second-order valence-electron chi connectivity index (χ2n) is 4.01. The summed E-state index contributed by atoms with van der Waals surface area (Å²) in [6.45, 7) is 8.29. The summed E-state index contributed by atoms with van der Waals surface area (Å²) in [4.78, 5) is 0. The van der Waals surface area contributed by atoms with E-state index in [1.54, 1.807) is 7.11 Å². The minimum Gasteiger partial charge on any atom is -0.480 e. The van der Waals surface area contributed by atoms with Crippen LogP contribution >= 0.6 is 15.9 Å². The maximum Gasteiger partial charge on any atom is 0.236 e. The van der Waals surface area contributed by atoms with Gasteiger partial charge in [0.2, 0.25) is 5.88 Å². The number of hydrogen-bond acceptors (Lipinski definition) is 2. The van der Waals surface area contributed by atoms with Crippen molar-refractivity contribution < 1.29 is 4.74 Å². The SMILES string of the molecule is COc1nn(C(C)(C)C)c(Br)c1C. The number of methoxy groups -OCH3 is 1. The molecule has 0 aliphatic heterocycles. The molecule has 0 atom stereocenters. The molecule has 0 bridgehead atoms. The highest BCUT2D eigenvalue weighted by Gasteiger charge is 2.21. The van der Waals surface area contributed by atoms with Crippen LogP contribution in [0.25, 0.3) is 0 Å².